The lowest BCUT2D eigenvalue weighted by Crippen LogP contribution is -2.30. The fourth-order valence-corrected chi connectivity index (χ4v) is 6.46. The van der Waals surface area contributed by atoms with Gasteiger partial charge in [-0.1, -0.05) is 208 Å². The van der Waals surface area contributed by atoms with Crippen molar-refractivity contribution >= 4 is 17.9 Å². The van der Waals surface area contributed by atoms with Crippen molar-refractivity contribution in [3.8, 4) is 0 Å². The van der Waals surface area contributed by atoms with E-state index in [-0.39, 0.29) is 37.5 Å². The van der Waals surface area contributed by atoms with Crippen LogP contribution in [0, 0.1) is 0 Å². The predicted molar refractivity (Wildman–Crippen MR) is 260 cm³/mol. The Morgan fingerprint density at radius 3 is 1.16 bits per heavy atom. The van der Waals surface area contributed by atoms with E-state index in [9.17, 15) is 14.4 Å². The van der Waals surface area contributed by atoms with Gasteiger partial charge >= 0.3 is 17.9 Å². The number of carbonyl (C=O) groups is 3. The van der Waals surface area contributed by atoms with Crippen molar-refractivity contribution < 1.29 is 28.6 Å². The van der Waals surface area contributed by atoms with E-state index < -0.39 is 6.10 Å². The van der Waals surface area contributed by atoms with Gasteiger partial charge in [0.15, 0.2) is 6.10 Å². The average molecular weight is 847 g/mol. The van der Waals surface area contributed by atoms with Crippen LogP contribution in [0.3, 0.4) is 0 Å². The van der Waals surface area contributed by atoms with Gasteiger partial charge in [0.2, 0.25) is 0 Å². The van der Waals surface area contributed by atoms with Gasteiger partial charge < -0.3 is 14.2 Å². The minimum Gasteiger partial charge on any atom is -0.462 e. The van der Waals surface area contributed by atoms with Gasteiger partial charge in [0.25, 0.3) is 0 Å². The number of unbranched alkanes of at least 4 members (excludes halogenated alkanes) is 21. The monoisotopic (exact) mass is 847 g/mol. The molecule has 0 rings (SSSR count). The molecule has 0 N–H and O–H groups in total. The average Bonchev–Trinajstić information content (AvgIpc) is 3.26. The summed E-state index contributed by atoms with van der Waals surface area (Å²) in [7, 11) is 0. The molecule has 61 heavy (non-hydrogen) atoms. The fraction of sp³-hybridized carbons (Fsp3) is 0.655. The second-order valence-corrected chi connectivity index (χ2v) is 16.1. The van der Waals surface area contributed by atoms with Crippen LogP contribution in [0.4, 0.5) is 0 Å². The molecule has 0 aromatic heterocycles. The van der Waals surface area contributed by atoms with Crippen molar-refractivity contribution in [2.75, 3.05) is 13.2 Å². The Morgan fingerprint density at radius 1 is 0.344 bits per heavy atom. The fourth-order valence-electron chi connectivity index (χ4n) is 6.46. The summed E-state index contributed by atoms with van der Waals surface area (Å²) in [4.78, 5) is 37.9. The zero-order chi connectivity index (χ0) is 44.4. The Labute approximate surface area is 375 Å². The lowest BCUT2D eigenvalue weighted by atomic mass is 10.1. The van der Waals surface area contributed by atoms with Crippen LogP contribution in [0.15, 0.2) is 97.2 Å². The van der Waals surface area contributed by atoms with E-state index in [2.05, 4.69) is 63.3 Å². The first-order valence-electron chi connectivity index (χ1n) is 24.8. The molecule has 0 bridgehead atoms. The van der Waals surface area contributed by atoms with Crippen LogP contribution in [0.1, 0.15) is 213 Å². The molecule has 0 aliphatic carbocycles. The Balaban J connectivity index is 4.52. The Bertz CT molecular complexity index is 1250. The molecular weight excluding hydrogens is 757 g/mol. The summed E-state index contributed by atoms with van der Waals surface area (Å²) < 4.78 is 16.7. The standard InChI is InChI=1S/C55H90O6/c1-4-7-10-13-16-19-22-25-27-30-33-36-39-42-45-48-54(57)60-51-52(50-59-53(56)47-44-41-38-35-32-29-24-21-18-15-12-9-6-3)61-55(58)49-46-43-40-37-34-31-28-26-23-20-17-14-11-8-5-2/h9,12,15-16,18-25,29,32,35,38,52H,4-8,10-11,13-14,17,26-28,30-31,33-34,36-37,39-51H2,1-3H3/b12-9-,18-15-,19-16-,23-20-,24-21-,25-22-,32-29-,38-35-. The number of hydrogen-bond acceptors (Lipinski definition) is 6. The molecular formula is C55H90O6. The highest BCUT2D eigenvalue weighted by Crippen LogP contribution is 2.13. The molecule has 0 saturated heterocycles. The van der Waals surface area contributed by atoms with Gasteiger partial charge in [-0.25, -0.2) is 0 Å². The van der Waals surface area contributed by atoms with Crippen LogP contribution >= 0.6 is 0 Å². The van der Waals surface area contributed by atoms with Crippen molar-refractivity contribution in [3.05, 3.63) is 97.2 Å². The van der Waals surface area contributed by atoms with E-state index in [0.29, 0.717) is 19.3 Å². The van der Waals surface area contributed by atoms with Gasteiger partial charge in [-0.2, -0.15) is 0 Å². The van der Waals surface area contributed by atoms with Crippen LogP contribution in [0.2, 0.25) is 0 Å². The van der Waals surface area contributed by atoms with Crippen LogP contribution in [0.25, 0.3) is 0 Å². The first-order valence-corrected chi connectivity index (χ1v) is 24.8. The Morgan fingerprint density at radius 2 is 0.672 bits per heavy atom. The maximum absolute atomic E-state index is 12.8. The first-order chi connectivity index (χ1) is 30.0. The minimum absolute atomic E-state index is 0.109. The van der Waals surface area contributed by atoms with Crippen LogP contribution in [-0.2, 0) is 28.6 Å². The van der Waals surface area contributed by atoms with Crippen molar-refractivity contribution in [1.29, 1.82) is 0 Å². The molecule has 0 aromatic rings. The highest BCUT2D eigenvalue weighted by molar-refractivity contribution is 5.71. The molecule has 0 aromatic carbocycles. The van der Waals surface area contributed by atoms with E-state index in [1.165, 1.54) is 103 Å². The molecule has 1 unspecified atom stereocenters. The molecule has 346 valence electrons. The highest BCUT2D eigenvalue weighted by Gasteiger charge is 2.19. The first kappa shape index (κ1) is 57.3. The number of hydrogen-bond donors (Lipinski definition) is 0. The van der Waals surface area contributed by atoms with Gasteiger partial charge in [-0.15, -0.1) is 0 Å². The van der Waals surface area contributed by atoms with Crippen molar-refractivity contribution in [1.82, 2.24) is 0 Å². The molecule has 0 spiro atoms. The quantitative estimate of drug-likeness (QED) is 0.0200. The number of carbonyl (C=O) groups excluding carboxylic acids is 3. The van der Waals surface area contributed by atoms with Gasteiger partial charge in [0.1, 0.15) is 13.2 Å². The normalized spacial score (nSPS) is 12.9. The molecule has 0 aliphatic heterocycles. The van der Waals surface area contributed by atoms with E-state index in [1.54, 1.807) is 0 Å². The van der Waals surface area contributed by atoms with Crippen molar-refractivity contribution in [3.63, 3.8) is 0 Å². The lowest BCUT2D eigenvalue weighted by Gasteiger charge is -2.18. The largest absolute Gasteiger partial charge is 0.462 e. The molecule has 0 fully saturated rings. The zero-order valence-electron chi connectivity index (χ0n) is 39.4. The summed E-state index contributed by atoms with van der Waals surface area (Å²) in [6.07, 6.45) is 63.9. The summed E-state index contributed by atoms with van der Waals surface area (Å²) in [5, 5.41) is 0. The topological polar surface area (TPSA) is 78.9 Å². The lowest BCUT2D eigenvalue weighted by molar-refractivity contribution is -0.167. The van der Waals surface area contributed by atoms with Crippen LogP contribution in [-0.4, -0.2) is 37.2 Å². The molecule has 0 saturated carbocycles. The van der Waals surface area contributed by atoms with Gasteiger partial charge in [-0.3, -0.25) is 14.4 Å². The van der Waals surface area contributed by atoms with Gasteiger partial charge in [0.05, 0.1) is 0 Å². The third kappa shape index (κ3) is 47.2. The summed E-state index contributed by atoms with van der Waals surface area (Å²) in [5.74, 6) is -1.01. The Kier molecular flexibility index (Phi) is 46.0. The van der Waals surface area contributed by atoms with E-state index in [4.69, 9.17) is 14.2 Å². The van der Waals surface area contributed by atoms with E-state index in [1.807, 2.05) is 54.7 Å². The summed E-state index contributed by atoms with van der Waals surface area (Å²) in [6, 6.07) is 0. The molecule has 0 heterocycles. The van der Waals surface area contributed by atoms with Crippen molar-refractivity contribution in [2.45, 2.75) is 219 Å². The third-order valence-electron chi connectivity index (χ3n) is 10.2. The number of allylic oxidation sites excluding steroid dienone is 16. The number of esters is 3. The maximum atomic E-state index is 12.8. The highest BCUT2D eigenvalue weighted by atomic mass is 16.6. The molecule has 0 aliphatic rings. The summed E-state index contributed by atoms with van der Waals surface area (Å²) in [6.45, 7) is 6.36. The van der Waals surface area contributed by atoms with E-state index in [0.717, 1.165) is 64.2 Å². The van der Waals surface area contributed by atoms with Crippen LogP contribution < -0.4 is 0 Å². The summed E-state index contributed by atoms with van der Waals surface area (Å²) in [5.41, 5.74) is 0. The van der Waals surface area contributed by atoms with Gasteiger partial charge in [0, 0.05) is 19.3 Å². The number of rotatable bonds is 43. The second-order valence-electron chi connectivity index (χ2n) is 16.1. The molecule has 0 amide bonds. The zero-order valence-corrected chi connectivity index (χ0v) is 39.4. The smallest absolute Gasteiger partial charge is 0.306 e. The van der Waals surface area contributed by atoms with E-state index >= 15 is 0 Å². The molecule has 0 radical (unpaired) electrons. The van der Waals surface area contributed by atoms with Crippen LogP contribution in [0.5, 0.6) is 0 Å². The molecule has 1 atom stereocenters. The predicted octanol–water partition coefficient (Wildman–Crippen LogP) is 16.2. The molecule has 6 heteroatoms. The number of ether oxygens (including phenoxy) is 3. The maximum Gasteiger partial charge on any atom is 0.306 e. The Hall–Kier alpha value is -3.67. The SMILES string of the molecule is CC\C=C/C=C\C=C/C=C\C=C/CCCC(=O)OCC(COC(=O)CCCCCCCC/C=C\C=C/CCCCC)OC(=O)CCCCCCCCC/C=C\CCCCCC. The third-order valence-corrected chi connectivity index (χ3v) is 10.2. The molecule has 6 nitrogen and oxygen atoms in total. The summed E-state index contributed by atoms with van der Waals surface area (Å²) >= 11 is 0. The second kappa shape index (κ2) is 49.0. The van der Waals surface area contributed by atoms with Crippen molar-refractivity contribution in [2.24, 2.45) is 0 Å². The van der Waals surface area contributed by atoms with Gasteiger partial charge in [-0.05, 0) is 83.5 Å². The minimum atomic E-state index is -0.813.